The van der Waals surface area contributed by atoms with Crippen LogP contribution in [0, 0.1) is 5.82 Å². The maximum Gasteiger partial charge on any atom is 0.239 e. The molecular formula is C19H28FN3O2. The Morgan fingerprint density at radius 2 is 1.64 bits per heavy atom. The van der Waals surface area contributed by atoms with Gasteiger partial charge in [0.2, 0.25) is 5.91 Å². The smallest absolute Gasteiger partial charge is 0.239 e. The highest BCUT2D eigenvalue weighted by Gasteiger charge is 2.32. The van der Waals surface area contributed by atoms with E-state index in [-0.39, 0.29) is 30.0 Å². The molecule has 0 radical (unpaired) electrons. The van der Waals surface area contributed by atoms with Gasteiger partial charge in [0.15, 0.2) is 0 Å². The first-order chi connectivity index (χ1) is 11.9. The van der Waals surface area contributed by atoms with Crippen molar-refractivity contribution >= 4 is 11.6 Å². The number of anilines is 1. The molecular weight excluding hydrogens is 321 g/mol. The van der Waals surface area contributed by atoms with Gasteiger partial charge in [-0.1, -0.05) is 0 Å². The number of nitrogens with zero attached hydrogens (tertiary/aromatic N) is 3. The van der Waals surface area contributed by atoms with Gasteiger partial charge in [-0.15, -0.1) is 0 Å². The van der Waals surface area contributed by atoms with Crippen molar-refractivity contribution in [1.29, 1.82) is 0 Å². The molecule has 1 aromatic rings. The van der Waals surface area contributed by atoms with Crippen molar-refractivity contribution in [1.82, 2.24) is 9.80 Å². The summed E-state index contributed by atoms with van der Waals surface area (Å²) < 4.78 is 18.8. The van der Waals surface area contributed by atoms with Crippen LogP contribution < -0.4 is 4.90 Å². The average Bonchev–Trinajstić information content (AvgIpc) is 2.60. The Morgan fingerprint density at radius 1 is 1.08 bits per heavy atom. The molecule has 3 rings (SSSR count). The molecule has 6 heteroatoms. The van der Waals surface area contributed by atoms with E-state index < -0.39 is 0 Å². The van der Waals surface area contributed by atoms with Gasteiger partial charge >= 0.3 is 0 Å². The van der Waals surface area contributed by atoms with Gasteiger partial charge in [0, 0.05) is 45.0 Å². The van der Waals surface area contributed by atoms with E-state index in [1.165, 1.54) is 12.1 Å². The largest absolute Gasteiger partial charge is 0.373 e. The molecule has 1 aromatic carbocycles. The third-order valence-electron chi connectivity index (χ3n) is 5.14. The van der Waals surface area contributed by atoms with E-state index in [0.29, 0.717) is 13.1 Å². The van der Waals surface area contributed by atoms with Gasteiger partial charge in [0.1, 0.15) is 5.82 Å². The third kappa shape index (κ3) is 4.30. The van der Waals surface area contributed by atoms with E-state index in [2.05, 4.69) is 23.6 Å². The van der Waals surface area contributed by atoms with Crippen molar-refractivity contribution in [2.75, 3.05) is 44.2 Å². The second-order valence-corrected chi connectivity index (χ2v) is 7.18. The normalized spacial score (nSPS) is 26.6. The molecule has 0 aromatic heterocycles. The number of hydrogen-bond donors (Lipinski definition) is 0. The van der Waals surface area contributed by atoms with Crippen LogP contribution in [0.3, 0.4) is 0 Å². The number of rotatable bonds is 3. The van der Waals surface area contributed by atoms with E-state index >= 15 is 0 Å². The summed E-state index contributed by atoms with van der Waals surface area (Å²) in [6.45, 7) is 10.7. The maximum atomic E-state index is 13.1. The highest BCUT2D eigenvalue weighted by molar-refractivity contribution is 5.81. The van der Waals surface area contributed by atoms with Crippen molar-refractivity contribution in [3.05, 3.63) is 30.1 Å². The van der Waals surface area contributed by atoms with Crippen molar-refractivity contribution in [2.24, 2.45) is 0 Å². The monoisotopic (exact) mass is 349 g/mol. The number of ether oxygens (including phenoxy) is 1. The molecule has 0 aliphatic carbocycles. The minimum Gasteiger partial charge on any atom is -0.373 e. The first-order valence-electron chi connectivity index (χ1n) is 9.13. The number of carbonyl (C=O) groups is 1. The molecule has 1 amide bonds. The molecule has 2 heterocycles. The zero-order valence-electron chi connectivity index (χ0n) is 15.3. The lowest BCUT2D eigenvalue weighted by Gasteiger charge is -2.42. The standard InChI is InChI=1S/C19H28FN3O2/c1-14-12-23(13-15(2)25-14)16(3)19(24)22-10-8-21(9-11-22)18-6-4-17(20)5-7-18/h4-7,14-16H,8-13H2,1-3H3. The minimum absolute atomic E-state index is 0.119. The summed E-state index contributed by atoms with van der Waals surface area (Å²) in [5.74, 6) is -0.0274. The zero-order valence-corrected chi connectivity index (χ0v) is 15.3. The highest BCUT2D eigenvalue weighted by atomic mass is 19.1. The second kappa shape index (κ2) is 7.70. The van der Waals surface area contributed by atoms with Gasteiger partial charge in [0.05, 0.1) is 18.2 Å². The summed E-state index contributed by atoms with van der Waals surface area (Å²) in [6, 6.07) is 6.44. The summed E-state index contributed by atoms with van der Waals surface area (Å²) in [4.78, 5) is 19.3. The van der Waals surface area contributed by atoms with Crippen LogP contribution in [0.25, 0.3) is 0 Å². The molecule has 2 fully saturated rings. The number of amides is 1. The highest BCUT2D eigenvalue weighted by Crippen LogP contribution is 2.19. The van der Waals surface area contributed by atoms with Gasteiger partial charge in [-0.2, -0.15) is 0 Å². The minimum atomic E-state index is -0.222. The van der Waals surface area contributed by atoms with Crippen LogP contribution in [0.2, 0.25) is 0 Å². The van der Waals surface area contributed by atoms with E-state index in [0.717, 1.165) is 31.9 Å². The molecule has 0 N–H and O–H groups in total. The summed E-state index contributed by atoms with van der Waals surface area (Å²) in [5, 5.41) is 0. The average molecular weight is 349 g/mol. The molecule has 0 bridgehead atoms. The molecule has 2 aliphatic heterocycles. The van der Waals surface area contributed by atoms with E-state index in [1.54, 1.807) is 12.1 Å². The summed E-state index contributed by atoms with van der Waals surface area (Å²) >= 11 is 0. The Hall–Kier alpha value is -1.66. The van der Waals surface area contributed by atoms with Gasteiger partial charge in [0.25, 0.3) is 0 Å². The van der Waals surface area contributed by atoms with Crippen LogP contribution in [0.4, 0.5) is 10.1 Å². The Morgan fingerprint density at radius 3 is 2.20 bits per heavy atom. The zero-order chi connectivity index (χ0) is 18.0. The van der Waals surface area contributed by atoms with Gasteiger partial charge in [-0.05, 0) is 45.0 Å². The van der Waals surface area contributed by atoms with E-state index in [9.17, 15) is 9.18 Å². The van der Waals surface area contributed by atoms with Crippen LogP contribution in [0.1, 0.15) is 20.8 Å². The molecule has 3 atom stereocenters. The number of benzene rings is 1. The molecule has 0 spiro atoms. The topological polar surface area (TPSA) is 36.0 Å². The van der Waals surface area contributed by atoms with Crippen LogP contribution in [-0.2, 0) is 9.53 Å². The summed E-state index contributed by atoms with van der Waals surface area (Å²) in [7, 11) is 0. The molecule has 25 heavy (non-hydrogen) atoms. The van der Waals surface area contributed by atoms with Gasteiger partial charge < -0.3 is 14.5 Å². The van der Waals surface area contributed by atoms with Crippen molar-refractivity contribution < 1.29 is 13.9 Å². The fraction of sp³-hybridized carbons (Fsp3) is 0.632. The molecule has 3 unspecified atom stereocenters. The van der Waals surface area contributed by atoms with E-state index in [1.807, 2.05) is 11.8 Å². The lowest BCUT2D eigenvalue weighted by Crippen LogP contribution is -2.57. The number of hydrogen-bond acceptors (Lipinski definition) is 4. The first-order valence-corrected chi connectivity index (χ1v) is 9.13. The predicted octanol–water partition coefficient (Wildman–Crippen LogP) is 1.97. The van der Waals surface area contributed by atoms with Crippen molar-refractivity contribution in [3.8, 4) is 0 Å². The summed E-state index contributed by atoms with van der Waals surface area (Å²) in [6.07, 6.45) is 0.323. The van der Waals surface area contributed by atoms with Gasteiger partial charge in [-0.25, -0.2) is 4.39 Å². The van der Waals surface area contributed by atoms with Crippen molar-refractivity contribution in [3.63, 3.8) is 0 Å². The Kier molecular flexibility index (Phi) is 5.59. The number of carbonyl (C=O) groups excluding carboxylic acids is 1. The second-order valence-electron chi connectivity index (χ2n) is 7.18. The van der Waals surface area contributed by atoms with Crippen LogP contribution in [-0.4, -0.2) is 73.2 Å². The number of halogens is 1. The van der Waals surface area contributed by atoms with Crippen molar-refractivity contribution in [2.45, 2.75) is 39.0 Å². The lowest BCUT2D eigenvalue weighted by atomic mass is 10.1. The molecule has 0 saturated carbocycles. The molecule has 2 saturated heterocycles. The Balaban J connectivity index is 1.55. The van der Waals surface area contributed by atoms with Gasteiger partial charge in [-0.3, -0.25) is 9.69 Å². The molecule has 5 nitrogen and oxygen atoms in total. The summed E-state index contributed by atoms with van der Waals surface area (Å²) in [5.41, 5.74) is 1.01. The fourth-order valence-corrected chi connectivity index (χ4v) is 3.79. The Bertz CT molecular complexity index is 577. The predicted molar refractivity (Wildman–Crippen MR) is 96.2 cm³/mol. The lowest BCUT2D eigenvalue weighted by molar-refractivity contribution is -0.142. The molecule has 138 valence electrons. The SMILES string of the molecule is CC1CN(C(C)C(=O)N2CCN(c3ccc(F)cc3)CC2)CC(C)O1. The number of morpholine rings is 1. The first kappa shape index (κ1) is 18.1. The molecule has 2 aliphatic rings. The third-order valence-corrected chi connectivity index (χ3v) is 5.14. The fourth-order valence-electron chi connectivity index (χ4n) is 3.79. The number of piperazine rings is 1. The maximum absolute atomic E-state index is 13.1. The quantitative estimate of drug-likeness (QED) is 0.836. The Labute approximate surface area is 149 Å². The van der Waals surface area contributed by atoms with E-state index in [4.69, 9.17) is 4.74 Å². The van der Waals surface area contributed by atoms with Crippen LogP contribution >= 0.6 is 0 Å². The van der Waals surface area contributed by atoms with Crippen LogP contribution in [0.15, 0.2) is 24.3 Å². The van der Waals surface area contributed by atoms with Crippen LogP contribution in [0.5, 0.6) is 0 Å².